The average Bonchev–Trinajstić information content (AvgIpc) is 3.06. The number of pyridine rings is 1. The maximum Gasteiger partial charge on any atom is 0.303 e. The first kappa shape index (κ1) is 19.1. The van der Waals surface area contributed by atoms with E-state index >= 15 is 0 Å². The third-order valence-electron chi connectivity index (χ3n) is 8.94. The number of aromatic nitrogens is 1. The van der Waals surface area contributed by atoms with Gasteiger partial charge >= 0.3 is 5.97 Å². The molecule has 3 nitrogen and oxygen atoms in total. The Bertz CT molecular complexity index is 872. The first-order valence-electron chi connectivity index (χ1n) is 11.4. The predicted molar refractivity (Wildman–Crippen MR) is 115 cm³/mol. The summed E-state index contributed by atoms with van der Waals surface area (Å²) in [4.78, 5) is 15.8. The van der Waals surface area contributed by atoms with Crippen molar-refractivity contribution in [1.82, 2.24) is 4.98 Å². The predicted octanol–water partition coefficient (Wildman–Crippen LogP) is 5.97. The van der Waals surface area contributed by atoms with E-state index in [4.69, 9.17) is 4.74 Å². The van der Waals surface area contributed by atoms with Crippen LogP contribution in [0.1, 0.15) is 71.3 Å². The van der Waals surface area contributed by atoms with Gasteiger partial charge in [0.05, 0.1) is 0 Å². The Morgan fingerprint density at radius 3 is 2.72 bits per heavy atom. The lowest BCUT2D eigenvalue weighted by Gasteiger charge is -2.58. The Kier molecular flexibility index (Phi) is 4.49. The summed E-state index contributed by atoms with van der Waals surface area (Å²) in [5, 5.41) is 0. The van der Waals surface area contributed by atoms with Gasteiger partial charge in [0.15, 0.2) is 0 Å². The lowest BCUT2D eigenvalue weighted by atomic mass is 9.46. The highest BCUT2D eigenvalue weighted by atomic mass is 16.5. The van der Waals surface area contributed by atoms with E-state index in [0.29, 0.717) is 0 Å². The molecule has 0 radical (unpaired) electrons. The summed E-state index contributed by atoms with van der Waals surface area (Å²) >= 11 is 0. The summed E-state index contributed by atoms with van der Waals surface area (Å²) in [5.41, 5.74) is 5.01. The molecule has 1 aromatic heterocycles. The molecule has 29 heavy (non-hydrogen) atoms. The van der Waals surface area contributed by atoms with E-state index in [1.54, 1.807) is 11.1 Å². The number of fused-ring (bicyclic) bond motifs is 5. The standard InChI is InChI=1S/C26H33NO2/c1-17(28)29-20-10-12-25(2)19(15-20)6-7-21-23-9-8-22(18-5-4-14-27-16-18)26(23,3)13-11-24(21)25/h4-5,8,14-16,20-21,23-24H,6-7,9-13H2,1-3H3/t20-,21-,23-,24-,25-,26+/m0/s1. The van der Waals surface area contributed by atoms with Gasteiger partial charge in [0.1, 0.15) is 6.10 Å². The molecule has 6 atom stereocenters. The molecule has 0 N–H and O–H groups in total. The molecule has 3 heteroatoms. The van der Waals surface area contributed by atoms with Crippen LogP contribution >= 0.6 is 0 Å². The van der Waals surface area contributed by atoms with Gasteiger partial charge in [-0.2, -0.15) is 0 Å². The third kappa shape index (κ3) is 2.92. The molecule has 0 spiro atoms. The molecule has 2 fully saturated rings. The number of hydrogen-bond acceptors (Lipinski definition) is 3. The fourth-order valence-electron chi connectivity index (χ4n) is 7.54. The first-order valence-corrected chi connectivity index (χ1v) is 11.4. The summed E-state index contributed by atoms with van der Waals surface area (Å²) in [5.74, 6) is 2.16. The van der Waals surface area contributed by atoms with Crippen LogP contribution in [0.25, 0.3) is 5.57 Å². The zero-order valence-corrected chi connectivity index (χ0v) is 18.0. The Labute approximate surface area is 174 Å². The van der Waals surface area contributed by atoms with Crippen molar-refractivity contribution < 1.29 is 9.53 Å². The van der Waals surface area contributed by atoms with Gasteiger partial charge in [0.2, 0.25) is 0 Å². The number of allylic oxidation sites excluding steroid dienone is 3. The van der Waals surface area contributed by atoms with Gasteiger partial charge in [-0.05, 0) is 96.8 Å². The van der Waals surface area contributed by atoms with Crippen molar-refractivity contribution in [3.05, 3.63) is 47.8 Å². The van der Waals surface area contributed by atoms with Crippen molar-refractivity contribution in [3.63, 3.8) is 0 Å². The number of nitrogens with zero attached hydrogens (tertiary/aromatic N) is 1. The molecule has 0 aliphatic heterocycles. The van der Waals surface area contributed by atoms with Gasteiger partial charge in [0.25, 0.3) is 0 Å². The SMILES string of the molecule is CC(=O)O[C@@H]1C=C2CC[C@@H]3[C@H](CC[C@]4(C)C(c5cccnc5)=CC[C@@H]34)[C@@]2(C)CC1. The smallest absolute Gasteiger partial charge is 0.303 e. The van der Waals surface area contributed by atoms with Gasteiger partial charge in [-0.15, -0.1) is 0 Å². The Balaban J connectivity index is 1.41. The summed E-state index contributed by atoms with van der Waals surface area (Å²) in [6, 6.07) is 4.30. The topological polar surface area (TPSA) is 39.2 Å². The number of ether oxygens (including phenoxy) is 1. The maximum absolute atomic E-state index is 11.4. The highest BCUT2D eigenvalue weighted by Crippen LogP contribution is 2.66. The van der Waals surface area contributed by atoms with E-state index in [2.05, 4.69) is 43.1 Å². The van der Waals surface area contributed by atoms with Crippen LogP contribution in [0.15, 0.2) is 42.3 Å². The maximum atomic E-state index is 11.4. The van der Waals surface area contributed by atoms with Crippen LogP contribution in [0.2, 0.25) is 0 Å². The fraction of sp³-hybridized carbons (Fsp3) is 0.615. The molecule has 4 aliphatic carbocycles. The Morgan fingerprint density at radius 1 is 1.14 bits per heavy atom. The van der Waals surface area contributed by atoms with Crippen molar-refractivity contribution in [1.29, 1.82) is 0 Å². The molecule has 0 unspecified atom stereocenters. The Morgan fingerprint density at radius 2 is 1.97 bits per heavy atom. The second-order valence-corrected chi connectivity index (χ2v) is 10.3. The number of rotatable bonds is 2. The van der Waals surface area contributed by atoms with Crippen LogP contribution in [-0.2, 0) is 9.53 Å². The first-order chi connectivity index (χ1) is 13.9. The molecule has 5 rings (SSSR count). The molecule has 0 aromatic carbocycles. The van der Waals surface area contributed by atoms with Crippen molar-refractivity contribution in [2.75, 3.05) is 0 Å². The molecular formula is C26H33NO2. The second kappa shape index (κ2) is 6.82. The Hall–Kier alpha value is -1.90. The summed E-state index contributed by atoms with van der Waals surface area (Å²) < 4.78 is 5.54. The number of hydrogen-bond donors (Lipinski definition) is 0. The molecular weight excluding hydrogens is 358 g/mol. The lowest BCUT2D eigenvalue weighted by molar-refractivity contribution is -0.145. The number of carbonyl (C=O) groups is 1. The molecule has 4 aliphatic rings. The fourth-order valence-corrected chi connectivity index (χ4v) is 7.54. The highest BCUT2D eigenvalue weighted by Gasteiger charge is 2.57. The summed E-state index contributed by atoms with van der Waals surface area (Å²) in [6.07, 6.45) is 17.1. The number of esters is 1. The van der Waals surface area contributed by atoms with Crippen LogP contribution < -0.4 is 0 Å². The van der Waals surface area contributed by atoms with E-state index in [0.717, 1.165) is 30.6 Å². The van der Waals surface area contributed by atoms with Crippen LogP contribution in [0.5, 0.6) is 0 Å². The van der Waals surface area contributed by atoms with Gasteiger partial charge in [-0.1, -0.05) is 31.6 Å². The second-order valence-electron chi connectivity index (χ2n) is 10.3. The quantitative estimate of drug-likeness (QED) is 0.460. The minimum absolute atomic E-state index is 0.00804. The largest absolute Gasteiger partial charge is 0.458 e. The monoisotopic (exact) mass is 391 g/mol. The van der Waals surface area contributed by atoms with Crippen LogP contribution in [0.4, 0.5) is 0 Å². The van der Waals surface area contributed by atoms with Gasteiger partial charge in [-0.25, -0.2) is 0 Å². The van der Waals surface area contributed by atoms with Crippen molar-refractivity contribution in [2.24, 2.45) is 28.6 Å². The van der Waals surface area contributed by atoms with E-state index in [-0.39, 0.29) is 22.9 Å². The minimum atomic E-state index is -0.155. The van der Waals surface area contributed by atoms with E-state index in [9.17, 15) is 4.79 Å². The van der Waals surface area contributed by atoms with Gasteiger partial charge < -0.3 is 4.74 Å². The molecule has 2 saturated carbocycles. The van der Waals surface area contributed by atoms with Crippen molar-refractivity contribution in [3.8, 4) is 0 Å². The van der Waals surface area contributed by atoms with E-state index in [1.807, 2.05) is 12.4 Å². The molecule has 154 valence electrons. The zero-order valence-electron chi connectivity index (χ0n) is 18.0. The van der Waals surface area contributed by atoms with Crippen molar-refractivity contribution >= 4 is 11.5 Å². The van der Waals surface area contributed by atoms with Gasteiger partial charge in [0, 0.05) is 19.3 Å². The highest BCUT2D eigenvalue weighted by molar-refractivity contribution is 5.72. The normalized spacial score (nSPS) is 40.8. The van der Waals surface area contributed by atoms with Crippen molar-refractivity contribution in [2.45, 2.75) is 71.8 Å². The lowest BCUT2D eigenvalue weighted by Crippen LogP contribution is -2.50. The van der Waals surface area contributed by atoms with Crippen LogP contribution in [-0.4, -0.2) is 17.1 Å². The molecule has 0 amide bonds. The summed E-state index contributed by atoms with van der Waals surface area (Å²) in [6.45, 7) is 6.55. The molecule has 0 saturated heterocycles. The van der Waals surface area contributed by atoms with E-state index in [1.165, 1.54) is 44.6 Å². The van der Waals surface area contributed by atoms with Gasteiger partial charge in [-0.3, -0.25) is 9.78 Å². The van der Waals surface area contributed by atoms with Crippen LogP contribution in [0, 0.1) is 28.6 Å². The van der Waals surface area contributed by atoms with Crippen LogP contribution in [0.3, 0.4) is 0 Å². The molecule has 1 aromatic rings. The molecule has 0 bridgehead atoms. The third-order valence-corrected chi connectivity index (χ3v) is 8.94. The zero-order chi connectivity index (χ0) is 20.2. The average molecular weight is 392 g/mol. The summed E-state index contributed by atoms with van der Waals surface area (Å²) in [7, 11) is 0. The minimum Gasteiger partial charge on any atom is -0.458 e. The van der Waals surface area contributed by atoms with E-state index < -0.39 is 0 Å². The molecule has 1 heterocycles. The number of carbonyl (C=O) groups excluding carboxylic acids is 1.